The predicted molar refractivity (Wildman–Crippen MR) is 71.3 cm³/mol. The second-order valence-electron chi connectivity index (χ2n) is 6.08. The van der Waals surface area contributed by atoms with E-state index in [1.807, 2.05) is 11.8 Å². The standard InChI is InChI=1S/C14H26N2O2/c1-10(2)8-12-4-6-16(9-12)14(17)13-11(3)18-7-5-15-13/h10-13,15H,4-9H2,1-3H3/t11-,12?,13+/m1/s1. The van der Waals surface area contributed by atoms with E-state index in [0.717, 1.165) is 32.0 Å². The van der Waals surface area contributed by atoms with Gasteiger partial charge in [0.2, 0.25) is 5.91 Å². The number of amides is 1. The fourth-order valence-electron chi connectivity index (χ4n) is 3.10. The van der Waals surface area contributed by atoms with Crippen LogP contribution < -0.4 is 5.32 Å². The molecule has 2 rings (SSSR count). The highest BCUT2D eigenvalue weighted by atomic mass is 16.5. The number of hydrogen-bond donors (Lipinski definition) is 1. The molecule has 0 aromatic carbocycles. The Morgan fingerprint density at radius 2 is 2.28 bits per heavy atom. The van der Waals surface area contributed by atoms with Gasteiger partial charge in [-0.05, 0) is 31.6 Å². The summed E-state index contributed by atoms with van der Waals surface area (Å²) in [6.07, 6.45) is 2.38. The van der Waals surface area contributed by atoms with Crippen LogP contribution in [0.15, 0.2) is 0 Å². The molecule has 0 spiro atoms. The number of nitrogens with zero attached hydrogens (tertiary/aromatic N) is 1. The van der Waals surface area contributed by atoms with Gasteiger partial charge in [-0.25, -0.2) is 0 Å². The SMILES string of the molecule is CC(C)CC1CCN(C(=O)[C@H]2NCCO[C@@H]2C)C1. The third-order valence-electron chi connectivity index (χ3n) is 3.98. The molecule has 0 aromatic rings. The second-order valence-corrected chi connectivity index (χ2v) is 6.08. The molecule has 0 bridgehead atoms. The van der Waals surface area contributed by atoms with Gasteiger partial charge in [-0.15, -0.1) is 0 Å². The summed E-state index contributed by atoms with van der Waals surface area (Å²) in [6.45, 7) is 9.83. The molecule has 2 aliphatic rings. The Kier molecular flexibility index (Phi) is 4.62. The lowest BCUT2D eigenvalue weighted by molar-refractivity contribution is -0.138. The Balaban J connectivity index is 1.86. The maximum Gasteiger partial charge on any atom is 0.242 e. The van der Waals surface area contributed by atoms with E-state index in [9.17, 15) is 4.79 Å². The predicted octanol–water partition coefficient (Wildman–Crippen LogP) is 1.26. The van der Waals surface area contributed by atoms with Gasteiger partial charge in [0, 0.05) is 19.6 Å². The number of morpholine rings is 1. The fraction of sp³-hybridized carbons (Fsp3) is 0.929. The van der Waals surface area contributed by atoms with Crippen molar-refractivity contribution in [2.75, 3.05) is 26.2 Å². The first-order valence-electron chi connectivity index (χ1n) is 7.21. The first-order chi connectivity index (χ1) is 8.58. The van der Waals surface area contributed by atoms with E-state index in [1.54, 1.807) is 0 Å². The van der Waals surface area contributed by atoms with Crippen LogP contribution in [0.25, 0.3) is 0 Å². The minimum Gasteiger partial charge on any atom is -0.375 e. The number of carbonyl (C=O) groups is 1. The first-order valence-corrected chi connectivity index (χ1v) is 7.21. The van der Waals surface area contributed by atoms with Crippen molar-refractivity contribution >= 4 is 5.91 Å². The van der Waals surface area contributed by atoms with Crippen molar-refractivity contribution in [1.29, 1.82) is 0 Å². The Bertz CT molecular complexity index is 294. The number of rotatable bonds is 3. The zero-order valence-electron chi connectivity index (χ0n) is 11.8. The molecule has 0 saturated carbocycles. The van der Waals surface area contributed by atoms with Crippen LogP contribution in [0, 0.1) is 11.8 Å². The molecule has 1 N–H and O–H groups in total. The molecule has 2 saturated heterocycles. The molecule has 0 aromatic heterocycles. The summed E-state index contributed by atoms with van der Waals surface area (Å²) in [5, 5.41) is 3.28. The van der Waals surface area contributed by atoms with Gasteiger partial charge in [0.15, 0.2) is 0 Å². The lowest BCUT2D eigenvalue weighted by Crippen LogP contribution is -2.56. The maximum absolute atomic E-state index is 12.4. The molecule has 104 valence electrons. The molecule has 4 heteroatoms. The third-order valence-corrected chi connectivity index (χ3v) is 3.98. The van der Waals surface area contributed by atoms with Crippen molar-refractivity contribution < 1.29 is 9.53 Å². The molecule has 18 heavy (non-hydrogen) atoms. The number of ether oxygens (including phenoxy) is 1. The molecule has 2 fully saturated rings. The Labute approximate surface area is 110 Å². The summed E-state index contributed by atoms with van der Waals surface area (Å²) in [4.78, 5) is 14.4. The topological polar surface area (TPSA) is 41.6 Å². The lowest BCUT2D eigenvalue weighted by Gasteiger charge is -2.32. The average Bonchev–Trinajstić information content (AvgIpc) is 2.76. The summed E-state index contributed by atoms with van der Waals surface area (Å²) in [7, 11) is 0. The highest BCUT2D eigenvalue weighted by molar-refractivity contribution is 5.82. The highest BCUT2D eigenvalue weighted by Crippen LogP contribution is 2.24. The van der Waals surface area contributed by atoms with E-state index >= 15 is 0 Å². The van der Waals surface area contributed by atoms with Crippen molar-refractivity contribution in [3.63, 3.8) is 0 Å². The molecular weight excluding hydrogens is 228 g/mol. The smallest absolute Gasteiger partial charge is 0.242 e. The summed E-state index contributed by atoms with van der Waals surface area (Å²) >= 11 is 0. The number of likely N-dealkylation sites (tertiary alicyclic amines) is 1. The van der Waals surface area contributed by atoms with Crippen LogP contribution in [0.5, 0.6) is 0 Å². The first kappa shape index (κ1) is 13.8. The third kappa shape index (κ3) is 3.23. The maximum atomic E-state index is 12.4. The fourth-order valence-corrected chi connectivity index (χ4v) is 3.10. The monoisotopic (exact) mass is 254 g/mol. The molecule has 2 heterocycles. The van der Waals surface area contributed by atoms with Gasteiger partial charge in [0.05, 0.1) is 12.7 Å². The quantitative estimate of drug-likeness (QED) is 0.824. The van der Waals surface area contributed by atoms with Crippen LogP contribution in [0.3, 0.4) is 0 Å². The van der Waals surface area contributed by atoms with Gasteiger partial charge < -0.3 is 15.0 Å². The van der Waals surface area contributed by atoms with Gasteiger partial charge in [-0.1, -0.05) is 13.8 Å². The van der Waals surface area contributed by atoms with Crippen LogP contribution in [0.1, 0.15) is 33.6 Å². The van der Waals surface area contributed by atoms with E-state index in [4.69, 9.17) is 4.74 Å². The van der Waals surface area contributed by atoms with E-state index in [0.29, 0.717) is 12.5 Å². The Morgan fingerprint density at radius 3 is 2.94 bits per heavy atom. The van der Waals surface area contributed by atoms with Crippen LogP contribution in [-0.2, 0) is 9.53 Å². The van der Waals surface area contributed by atoms with Crippen LogP contribution in [0.2, 0.25) is 0 Å². The van der Waals surface area contributed by atoms with Crippen LogP contribution in [0.4, 0.5) is 0 Å². The average molecular weight is 254 g/mol. The van der Waals surface area contributed by atoms with E-state index in [1.165, 1.54) is 6.42 Å². The number of nitrogens with one attached hydrogen (secondary N) is 1. The normalized spacial score (nSPS) is 33.1. The molecule has 4 nitrogen and oxygen atoms in total. The van der Waals surface area contributed by atoms with Crippen LogP contribution >= 0.6 is 0 Å². The van der Waals surface area contributed by atoms with E-state index < -0.39 is 0 Å². The van der Waals surface area contributed by atoms with E-state index in [2.05, 4.69) is 19.2 Å². The van der Waals surface area contributed by atoms with Gasteiger partial charge in [-0.2, -0.15) is 0 Å². The van der Waals surface area contributed by atoms with Crippen molar-refractivity contribution in [3.05, 3.63) is 0 Å². The summed E-state index contributed by atoms with van der Waals surface area (Å²) in [5.74, 6) is 1.64. The largest absolute Gasteiger partial charge is 0.375 e. The molecule has 0 aliphatic carbocycles. The molecule has 1 amide bonds. The number of carbonyl (C=O) groups excluding carboxylic acids is 1. The van der Waals surface area contributed by atoms with Crippen molar-refractivity contribution in [2.45, 2.75) is 45.8 Å². The van der Waals surface area contributed by atoms with E-state index in [-0.39, 0.29) is 18.1 Å². The highest BCUT2D eigenvalue weighted by Gasteiger charge is 2.35. The van der Waals surface area contributed by atoms with Crippen molar-refractivity contribution in [3.8, 4) is 0 Å². The Morgan fingerprint density at radius 1 is 1.50 bits per heavy atom. The van der Waals surface area contributed by atoms with Gasteiger partial charge in [0.25, 0.3) is 0 Å². The molecule has 0 radical (unpaired) electrons. The molecule has 1 unspecified atom stereocenters. The minimum atomic E-state index is -0.142. The lowest BCUT2D eigenvalue weighted by atomic mass is 9.97. The summed E-state index contributed by atoms with van der Waals surface area (Å²) < 4.78 is 5.55. The van der Waals surface area contributed by atoms with Gasteiger partial charge in [-0.3, -0.25) is 4.79 Å². The minimum absolute atomic E-state index is 0.00426. The number of hydrogen-bond acceptors (Lipinski definition) is 3. The zero-order valence-corrected chi connectivity index (χ0v) is 11.8. The molecular formula is C14H26N2O2. The second kappa shape index (κ2) is 6.02. The summed E-state index contributed by atoms with van der Waals surface area (Å²) in [5.41, 5.74) is 0. The molecule has 2 aliphatic heterocycles. The van der Waals surface area contributed by atoms with Gasteiger partial charge in [0.1, 0.15) is 6.04 Å². The van der Waals surface area contributed by atoms with Crippen LogP contribution in [-0.4, -0.2) is 49.2 Å². The van der Waals surface area contributed by atoms with Gasteiger partial charge >= 0.3 is 0 Å². The Hall–Kier alpha value is -0.610. The zero-order chi connectivity index (χ0) is 13.1. The van der Waals surface area contributed by atoms with Crippen molar-refractivity contribution in [1.82, 2.24) is 10.2 Å². The van der Waals surface area contributed by atoms with Crippen molar-refractivity contribution in [2.24, 2.45) is 11.8 Å². The molecule has 3 atom stereocenters. The summed E-state index contributed by atoms with van der Waals surface area (Å²) in [6, 6.07) is -0.142.